The maximum Gasteiger partial charge on any atom is 0.0873 e. The van der Waals surface area contributed by atoms with Gasteiger partial charge in [0.05, 0.1) is 6.10 Å². The molecule has 2 atom stereocenters. The predicted octanol–water partition coefficient (Wildman–Crippen LogP) is 3.06. The molecule has 0 spiro atoms. The Kier molecular flexibility index (Phi) is 2.69. The van der Waals surface area contributed by atoms with E-state index >= 15 is 0 Å². The molecule has 0 aromatic carbocycles. The van der Waals surface area contributed by atoms with Gasteiger partial charge in [0, 0.05) is 18.4 Å². The molecule has 2 heterocycles. The molecular weight excluding hydrogens is 192 g/mol. The molecule has 0 radical (unpaired) electrons. The van der Waals surface area contributed by atoms with Crippen molar-refractivity contribution in [2.45, 2.75) is 12.5 Å². The van der Waals surface area contributed by atoms with Crippen molar-refractivity contribution in [3.05, 3.63) is 22.4 Å². The van der Waals surface area contributed by atoms with Gasteiger partial charge in [-0.3, -0.25) is 0 Å². The van der Waals surface area contributed by atoms with Crippen LogP contribution in [0.2, 0.25) is 0 Å². The molecule has 3 heteroatoms. The van der Waals surface area contributed by atoms with Gasteiger partial charge in [0.1, 0.15) is 0 Å². The van der Waals surface area contributed by atoms with Gasteiger partial charge in [0.15, 0.2) is 0 Å². The Morgan fingerprint density at radius 1 is 1.67 bits per heavy atom. The molecule has 2 rings (SSSR count). The molecule has 0 N–H and O–H groups in total. The molecule has 0 amide bonds. The van der Waals surface area contributed by atoms with E-state index in [4.69, 9.17) is 16.3 Å². The van der Waals surface area contributed by atoms with Crippen LogP contribution in [-0.2, 0) is 4.74 Å². The van der Waals surface area contributed by atoms with Crippen LogP contribution in [0.15, 0.2) is 16.8 Å². The predicted molar refractivity (Wildman–Crippen MR) is 51.8 cm³/mol. The first kappa shape index (κ1) is 8.54. The van der Waals surface area contributed by atoms with E-state index in [0.717, 1.165) is 13.0 Å². The topological polar surface area (TPSA) is 9.23 Å². The molecule has 1 nitrogen and oxygen atoms in total. The minimum absolute atomic E-state index is 0.258. The second-order valence-corrected chi connectivity index (χ2v) is 4.14. The summed E-state index contributed by atoms with van der Waals surface area (Å²) in [5.41, 5.74) is 1.29. The number of ether oxygens (including phenoxy) is 1. The Balaban J connectivity index is 2.13. The fourth-order valence-corrected chi connectivity index (χ4v) is 2.60. The molecule has 2 unspecified atom stereocenters. The first-order valence-electron chi connectivity index (χ1n) is 4.11. The Bertz CT molecular complexity index is 235. The van der Waals surface area contributed by atoms with Crippen LogP contribution < -0.4 is 0 Å². The average Bonchev–Trinajstić information content (AvgIpc) is 2.74. The third kappa shape index (κ3) is 1.51. The molecule has 1 aliphatic rings. The number of hydrogen-bond donors (Lipinski definition) is 0. The monoisotopic (exact) mass is 202 g/mol. The summed E-state index contributed by atoms with van der Waals surface area (Å²) in [6.07, 6.45) is 1.36. The lowest BCUT2D eigenvalue weighted by Gasteiger charge is -2.14. The van der Waals surface area contributed by atoms with Gasteiger partial charge < -0.3 is 4.74 Å². The van der Waals surface area contributed by atoms with Crippen LogP contribution in [0, 0.1) is 5.92 Å². The highest BCUT2D eigenvalue weighted by atomic mass is 35.5. The van der Waals surface area contributed by atoms with Crippen LogP contribution in [0.1, 0.15) is 18.1 Å². The van der Waals surface area contributed by atoms with Crippen LogP contribution in [0.3, 0.4) is 0 Å². The number of rotatable bonds is 2. The van der Waals surface area contributed by atoms with E-state index in [2.05, 4.69) is 16.8 Å². The molecule has 1 aromatic rings. The molecule has 1 fully saturated rings. The second kappa shape index (κ2) is 3.77. The van der Waals surface area contributed by atoms with Crippen LogP contribution in [0.4, 0.5) is 0 Å². The maximum absolute atomic E-state index is 5.84. The van der Waals surface area contributed by atoms with Crippen molar-refractivity contribution in [2.24, 2.45) is 5.92 Å². The summed E-state index contributed by atoms with van der Waals surface area (Å²) in [6.45, 7) is 0.859. The van der Waals surface area contributed by atoms with Gasteiger partial charge in [-0.05, 0) is 28.8 Å². The van der Waals surface area contributed by atoms with Gasteiger partial charge in [-0.2, -0.15) is 11.3 Å². The van der Waals surface area contributed by atoms with Gasteiger partial charge in [0.2, 0.25) is 0 Å². The molecule has 0 saturated carbocycles. The fraction of sp³-hybridized carbons (Fsp3) is 0.556. The molecule has 1 aliphatic heterocycles. The summed E-state index contributed by atoms with van der Waals surface area (Å²) in [6, 6.07) is 2.13. The lowest BCUT2D eigenvalue weighted by atomic mass is 9.99. The van der Waals surface area contributed by atoms with Gasteiger partial charge in [-0.1, -0.05) is 0 Å². The fourth-order valence-electron chi connectivity index (χ4n) is 1.60. The number of hydrogen-bond acceptors (Lipinski definition) is 2. The van der Waals surface area contributed by atoms with Crippen LogP contribution >= 0.6 is 22.9 Å². The van der Waals surface area contributed by atoms with E-state index in [-0.39, 0.29) is 6.10 Å². The Labute approximate surface area is 81.3 Å². The Morgan fingerprint density at radius 2 is 2.58 bits per heavy atom. The largest absolute Gasteiger partial charge is 0.373 e. The lowest BCUT2D eigenvalue weighted by molar-refractivity contribution is 0.0955. The number of alkyl halides is 1. The third-order valence-electron chi connectivity index (χ3n) is 2.28. The first-order valence-corrected chi connectivity index (χ1v) is 5.59. The summed E-state index contributed by atoms with van der Waals surface area (Å²) in [5.74, 6) is 1.22. The molecule has 0 aliphatic carbocycles. The van der Waals surface area contributed by atoms with Crippen molar-refractivity contribution in [1.82, 2.24) is 0 Å². The van der Waals surface area contributed by atoms with E-state index in [1.807, 2.05) is 0 Å². The third-order valence-corrected chi connectivity index (χ3v) is 3.38. The highest BCUT2D eigenvalue weighted by molar-refractivity contribution is 7.07. The van der Waals surface area contributed by atoms with Crippen LogP contribution in [0.5, 0.6) is 0 Å². The molecule has 1 saturated heterocycles. The standard InChI is InChI=1S/C9H11ClOS/c10-5-7-1-3-11-9(7)8-2-4-12-6-8/h2,4,6-7,9H,1,3,5H2. The minimum Gasteiger partial charge on any atom is -0.373 e. The Hall–Kier alpha value is -0.0500. The average molecular weight is 203 g/mol. The maximum atomic E-state index is 5.84. The summed E-state index contributed by atoms with van der Waals surface area (Å²) in [5, 5.41) is 4.23. The molecule has 0 bridgehead atoms. The van der Waals surface area contributed by atoms with Gasteiger partial charge in [-0.25, -0.2) is 0 Å². The minimum atomic E-state index is 0.258. The van der Waals surface area contributed by atoms with Crippen molar-refractivity contribution < 1.29 is 4.74 Å². The van der Waals surface area contributed by atoms with E-state index in [9.17, 15) is 0 Å². The zero-order valence-electron chi connectivity index (χ0n) is 6.70. The van der Waals surface area contributed by atoms with Gasteiger partial charge in [0.25, 0.3) is 0 Å². The van der Waals surface area contributed by atoms with Crippen molar-refractivity contribution in [3.8, 4) is 0 Å². The normalized spacial score (nSPS) is 29.4. The zero-order valence-corrected chi connectivity index (χ0v) is 8.27. The summed E-state index contributed by atoms with van der Waals surface area (Å²) >= 11 is 7.56. The van der Waals surface area contributed by atoms with Crippen molar-refractivity contribution >= 4 is 22.9 Å². The first-order chi connectivity index (χ1) is 5.92. The van der Waals surface area contributed by atoms with Crippen LogP contribution in [0.25, 0.3) is 0 Å². The van der Waals surface area contributed by atoms with Crippen molar-refractivity contribution in [2.75, 3.05) is 12.5 Å². The smallest absolute Gasteiger partial charge is 0.0873 e. The molecule has 66 valence electrons. The van der Waals surface area contributed by atoms with E-state index in [0.29, 0.717) is 11.8 Å². The van der Waals surface area contributed by atoms with Crippen molar-refractivity contribution in [1.29, 1.82) is 0 Å². The number of thiophene rings is 1. The summed E-state index contributed by atoms with van der Waals surface area (Å²) in [7, 11) is 0. The molecule has 12 heavy (non-hydrogen) atoms. The van der Waals surface area contributed by atoms with E-state index < -0.39 is 0 Å². The summed E-state index contributed by atoms with van der Waals surface area (Å²) in [4.78, 5) is 0. The second-order valence-electron chi connectivity index (χ2n) is 3.05. The van der Waals surface area contributed by atoms with E-state index in [1.165, 1.54) is 5.56 Å². The Morgan fingerprint density at radius 3 is 3.25 bits per heavy atom. The van der Waals surface area contributed by atoms with Crippen LogP contribution in [-0.4, -0.2) is 12.5 Å². The van der Waals surface area contributed by atoms with Gasteiger partial charge >= 0.3 is 0 Å². The molecule has 1 aromatic heterocycles. The highest BCUT2D eigenvalue weighted by Gasteiger charge is 2.28. The lowest BCUT2D eigenvalue weighted by Crippen LogP contribution is -2.07. The highest BCUT2D eigenvalue weighted by Crippen LogP contribution is 2.35. The van der Waals surface area contributed by atoms with Gasteiger partial charge in [-0.15, -0.1) is 11.6 Å². The summed E-state index contributed by atoms with van der Waals surface area (Å²) < 4.78 is 5.62. The van der Waals surface area contributed by atoms with Crippen molar-refractivity contribution in [3.63, 3.8) is 0 Å². The zero-order chi connectivity index (χ0) is 8.39. The van der Waals surface area contributed by atoms with E-state index in [1.54, 1.807) is 11.3 Å². The SMILES string of the molecule is ClCC1CCOC1c1ccsc1. The quantitative estimate of drug-likeness (QED) is 0.670. The number of halogens is 1. The molecular formula is C9H11ClOS.